The van der Waals surface area contributed by atoms with E-state index in [9.17, 15) is 8.87 Å². The van der Waals surface area contributed by atoms with E-state index in [0.717, 1.165) is 16.2 Å². The van der Waals surface area contributed by atoms with Crippen molar-refractivity contribution in [2.24, 2.45) is 0 Å². The summed E-state index contributed by atoms with van der Waals surface area (Å²) in [7, 11) is 0. The van der Waals surface area contributed by atoms with Crippen LogP contribution in [0.25, 0.3) is 11.4 Å². The Labute approximate surface area is 116 Å². The fraction of sp³-hybridized carbons (Fsp3) is 0.125. The van der Waals surface area contributed by atoms with Crippen molar-refractivity contribution >= 4 is 11.4 Å². The Hall–Kier alpha value is -2.36. The fourth-order valence-corrected chi connectivity index (χ4v) is 2.33. The zero-order chi connectivity index (χ0) is 13.9. The zero-order valence-corrected chi connectivity index (χ0v) is 10.8. The van der Waals surface area contributed by atoms with E-state index in [2.05, 4.69) is 5.32 Å². The normalized spacial score (nSPS) is 15.2. The predicted octanol–water partition coefficient (Wildman–Crippen LogP) is 3.44. The molecule has 2 aromatic rings. The topological polar surface area (TPSA) is 15.3 Å². The van der Waals surface area contributed by atoms with Crippen molar-refractivity contribution in [1.82, 2.24) is 10.4 Å². The molecule has 102 valence electrons. The van der Waals surface area contributed by atoms with E-state index in [-0.39, 0.29) is 12.4 Å². The molecule has 0 saturated heterocycles. The van der Waals surface area contributed by atoms with Gasteiger partial charge in [-0.25, -0.2) is 9.51 Å². The summed E-state index contributed by atoms with van der Waals surface area (Å²) >= 11 is 0. The molecular weight excluding hydrogens is 258 g/mol. The van der Waals surface area contributed by atoms with Gasteiger partial charge in [0.15, 0.2) is 0 Å². The molecule has 2 aromatic carbocycles. The number of benzene rings is 2. The van der Waals surface area contributed by atoms with E-state index in [1.54, 1.807) is 12.1 Å². The van der Waals surface area contributed by atoms with Crippen LogP contribution in [0.3, 0.4) is 0 Å². The number of hydrogen-bond acceptors (Lipinski definition) is 2. The third-order valence-corrected chi connectivity index (χ3v) is 3.27. The Balaban J connectivity index is 2.13. The predicted molar refractivity (Wildman–Crippen MR) is 75.5 cm³/mol. The minimum atomic E-state index is -0.302. The van der Waals surface area contributed by atoms with Crippen LogP contribution in [0, 0.1) is 5.82 Å². The number of hydrogen-bond donors (Lipinski definition) is 1. The second-order valence-corrected chi connectivity index (χ2v) is 4.61. The van der Waals surface area contributed by atoms with Crippen LogP contribution in [-0.4, -0.2) is 18.2 Å². The zero-order valence-electron chi connectivity index (χ0n) is 10.8. The van der Waals surface area contributed by atoms with Gasteiger partial charge in [0.1, 0.15) is 5.82 Å². The third-order valence-electron chi connectivity index (χ3n) is 3.27. The van der Waals surface area contributed by atoms with E-state index in [4.69, 9.17) is 0 Å². The van der Waals surface area contributed by atoms with Gasteiger partial charge >= 0.3 is 0 Å². The summed E-state index contributed by atoms with van der Waals surface area (Å²) < 4.78 is 27.2. The standard InChI is InChI=1S/C16H14F2N2/c17-14-8-6-12(7-9-14)15-16(20(18)11-10-19-15)13-4-2-1-3-5-13/h1-9,19H,10-11H2. The van der Waals surface area contributed by atoms with Gasteiger partial charge in [-0.1, -0.05) is 34.8 Å². The summed E-state index contributed by atoms with van der Waals surface area (Å²) in [6, 6.07) is 15.4. The molecule has 4 heteroatoms. The van der Waals surface area contributed by atoms with Gasteiger partial charge in [0.05, 0.1) is 17.9 Å². The van der Waals surface area contributed by atoms with Gasteiger partial charge < -0.3 is 5.32 Å². The van der Waals surface area contributed by atoms with E-state index in [1.165, 1.54) is 12.1 Å². The lowest BCUT2D eigenvalue weighted by atomic mass is 10.0. The van der Waals surface area contributed by atoms with Crippen molar-refractivity contribution in [2.45, 2.75) is 0 Å². The van der Waals surface area contributed by atoms with Crippen molar-refractivity contribution in [3.05, 3.63) is 71.5 Å². The van der Waals surface area contributed by atoms with Crippen molar-refractivity contribution in [3.63, 3.8) is 0 Å². The first-order chi connectivity index (χ1) is 9.75. The first-order valence-electron chi connectivity index (χ1n) is 6.48. The Bertz CT molecular complexity index is 621. The minimum absolute atomic E-state index is 0.287. The second-order valence-electron chi connectivity index (χ2n) is 4.61. The molecule has 1 heterocycles. The fourth-order valence-electron chi connectivity index (χ4n) is 2.33. The average Bonchev–Trinajstić information content (AvgIpc) is 2.49. The van der Waals surface area contributed by atoms with Crippen LogP contribution in [0.1, 0.15) is 11.1 Å². The van der Waals surface area contributed by atoms with E-state index in [0.29, 0.717) is 17.9 Å². The number of rotatable bonds is 2. The summed E-state index contributed by atoms with van der Waals surface area (Å²) in [4.78, 5) is 0. The molecule has 0 atom stereocenters. The summed E-state index contributed by atoms with van der Waals surface area (Å²) in [5.41, 5.74) is 2.74. The Kier molecular flexibility index (Phi) is 3.37. The molecule has 0 aliphatic carbocycles. The van der Waals surface area contributed by atoms with E-state index >= 15 is 0 Å². The summed E-state index contributed by atoms with van der Waals surface area (Å²) in [6.45, 7) is 0.800. The van der Waals surface area contributed by atoms with Gasteiger partial charge in [0, 0.05) is 17.7 Å². The lowest BCUT2D eigenvalue weighted by Gasteiger charge is -2.28. The van der Waals surface area contributed by atoms with Crippen molar-refractivity contribution in [3.8, 4) is 0 Å². The van der Waals surface area contributed by atoms with Crippen LogP contribution in [0.15, 0.2) is 54.6 Å². The SMILES string of the molecule is Fc1ccc(C2=C(c3ccccc3)N(F)CCN2)cc1. The highest BCUT2D eigenvalue weighted by molar-refractivity contribution is 5.89. The molecule has 2 nitrogen and oxygen atoms in total. The first-order valence-corrected chi connectivity index (χ1v) is 6.48. The Morgan fingerprint density at radius 1 is 0.900 bits per heavy atom. The van der Waals surface area contributed by atoms with Crippen molar-refractivity contribution in [1.29, 1.82) is 0 Å². The monoisotopic (exact) mass is 272 g/mol. The molecule has 0 spiro atoms. The molecule has 0 bridgehead atoms. The lowest BCUT2D eigenvalue weighted by Crippen LogP contribution is -2.33. The lowest BCUT2D eigenvalue weighted by molar-refractivity contribution is 0.103. The highest BCUT2D eigenvalue weighted by atomic mass is 19.2. The Morgan fingerprint density at radius 3 is 2.30 bits per heavy atom. The van der Waals surface area contributed by atoms with Crippen LogP contribution >= 0.6 is 0 Å². The first kappa shape index (κ1) is 12.7. The average molecular weight is 272 g/mol. The maximum Gasteiger partial charge on any atom is 0.123 e. The third kappa shape index (κ3) is 2.37. The van der Waals surface area contributed by atoms with Crippen molar-refractivity contribution in [2.75, 3.05) is 13.1 Å². The molecule has 20 heavy (non-hydrogen) atoms. The number of nitrogens with zero attached hydrogens (tertiary/aromatic N) is 1. The molecule has 0 radical (unpaired) electrons. The minimum Gasteiger partial charge on any atom is -0.381 e. The molecule has 1 aliphatic rings. The molecule has 3 rings (SSSR count). The summed E-state index contributed by atoms with van der Waals surface area (Å²) in [5.74, 6) is -0.302. The number of nitrogens with one attached hydrogen (secondary N) is 1. The maximum absolute atomic E-state index is 14.2. The molecule has 0 unspecified atom stereocenters. The molecule has 0 saturated carbocycles. The number of halogens is 2. The van der Waals surface area contributed by atoms with Gasteiger partial charge in [-0.05, 0) is 24.3 Å². The quantitative estimate of drug-likeness (QED) is 0.842. The second kappa shape index (κ2) is 5.33. The van der Waals surface area contributed by atoms with Gasteiger partial charge in [-0.2, -0.15) is 0 Å². The van der Waals surface area contributed by atoms with Gasteiger partial charge in [-0.15, -0.1) is 0 Å². The maximum atomic E-state index is 14.2. The molecule has 1 aliphatic heterocycles. The Morgan fingerprint density at radius 2 is 1.60 bits per heavy atom. The molecule has 0 aromatic heterocycles. The molecular formula is C16H14F2N2. The summed E-state index contributed by atoms with van der Waals surface area (Å²) in [5, 5.41) is 3.95. The molecule has 0 fully saturated rings. The van der Waals surface area contributed by atoms with Crippen LogP contribution in [-0.2, 0) is 0 Å². The van der Waals surface area contributed by atoms with Crippen LogP contribution in [0.4, 0.5) is 8.87 Å². The summed E-state index contributed by atoms with van der Waals surface area (Å²) in [6.07, 6.45) is 0. The molecule has 1 N–H and O–H groups in total. The van der Waals surface area contributed by atoms with E-state index in [1.807, 2.05) is 30.3 Å². The van der Waals surface area contributed by atoms with Gasteiger partial charge in [0.2, 0.25) is 0 Å². The van der Waals surface area contributed by atoms with Crippen molar-refractivity contribution < 1.29 is 8.87 Å². The van der Waals surface area contributed by atoms with Gasteiger partial charge in [0.25, 0.3) is 0 Å². The highest BCUT2D eigenvalue weighted by Crippen LogP contribution is 2.30. The van der Waals surface area contributed by atoms with Crippen LogP contribution < -0.4 is 5.32 Å². The van der Waals surface area contributed by atoms with Crippen LogP contribution in [0.2, 0.25) is 0 Å². The molecule has 0 amide bonds. The smallest absolute Gasteiger partial charge is 0.123 e. The van der Waals surface area contributed by atoms with Gasteiger partial charge in [-0.3, -0.25) is 0 Å². The van der Waals surface area contributed by atoms with Crippen LogP contribution in [0.5, 0.6) is 0 Å². The van der Waals surface area contributed by atoms with E-state index < -0.39 is 0 Å². The largest absolute Gasteiger partial charge is 0.381 e. The highest BCUT2D eigenvalue weighted by Gasteiger charge is 2.22.